The lowest BCUT2D eigenvalue weighted by Gasteiger charge is -2.07. The molecule has 1 N–H and O–H groups in total. The van der Waals surface area contributed by atoms with Gasteiger partial charge in [-0.15, -0.1) is 0 Å². The monoisotopic (exact) mass is 312 g/mol. The number of nitrogens with one attached hydrogen (secondary N) is 1. The molecule has 21 heavy (non-hydrogen) atoms. The van der Waals surface area contributed by atoms with Crippen LogP contribution in [0, 0.1) is 12.7 Å². The highest BCUT2D eigenvalue weighted by Crippen LogP contribution is 2.33. The molecule has 0 atom stereocenters. The smallest absolute Gasteiger partial charge is 0.257 e. The number of nitrogens with zero attached hydrogens (tertiary/aromatic N) is 1. The van der Waals surface area contributed by atoms with Crippen LogP contribution in [0.4, 0.5) is 4.39 Å². The van der Waals surface area contributed by atoms with Crippen molar-refractivity contribution >= 4 is 17.5 Å². The summed E-state index contributed by atoms with van der Waals surface area (Å²) in [6.07, 6.45) is 0. The standard InChI is InChI=1S/C14H14ClFN2O3/c1-8-11(14(19)17-6-7-20-2)13(18-21-8)12-9(15)4-3-5-10(12)16/h3-5H,6-7H2,1-2H3,(H,17,19). The quantitative estimate of drug-likeness (QED) is 0.862. The zero-order valence-electron chi connectivity index (χ0n) is 11.6. The van der Waals surface area contributed by atoms with Gasteiger partial charge in [0.05, 0.1) is 17.2 Å². The van der Waals surface area contributed by atoms with E-state index in [1.165, 1.54) is 25.3 Å². The first-order valence-electron chi connectivity index (χ1n) is 6.24. The van der Waals surface area contributed by atoms with Gasteiger partial charge in [0.2, 0.25) is 0 Å². The highest BCUT2D eigenvalue weighted by Gasteiger charge is 2.25. The number of amides is 1. The molecule has 0 spiro atoms. The number of rotatable bonds is 5. The Balaban J connectivity index is 2.41. The Kier molecular flexibility index (Phi) is 4.93. The molecule has 0 aliphatic heterocycles. The molecule has 1 aromatic heterocycles. The highest BCUT2D eigenvalue weighted by molar-refractivity contribution is 6.33. The number of hydrogen-bond acceptors (Lipinski definition) is 4. The molecular weight excluding hydrogens is 299 g/mol. The average molecular weight is 313 g/mol. The van der Waals surface area contributed by atoms with E-state index in [0.717, 1.165) is 0 Å². The van der Waals surface area contributed by atoms with Crippen molar-refractivity contribution in [3.05, 3.63) is 40.4 Å². The number of halogens is 2. The minimum Gasteiger partial charge on any atom is -0.383 e. The van der Waals surface area contributed by atoms with Gasteiger partial charge in [0.25, 0.3) is 5.91 Å². The van der Waals surface area contributed by atoms with Gasteiger partial charge >= 0.3 is 0 Å². The van der Waals surface area contributed by atoms with Crippen LogP contribution in [0.3, 0.4) is 0 Å². The molecule has 7 heteroatoms. The number of carbonyl (C=O) groups excluding carboxylic acids is 1. The third kappa shape index (κ3) is 3.22. The lowest BCUT2D eigenvalue weighted by Crippen LogP contribution is -2.27. The number of hydrogen-bond donors (Lipinski definition) is 1. The summed E-state index contributed by atoms with van der Waals surface area (Å²) in [7, 11) is 1.53. The molecule has 0 saturated heterocycles. The number of carbonyl (C=O) groups is 1. The van der Waals surface area contributed by atoms with Gasteiger partial charge in [0, 0.05) is 13.7 Å². The lowest BCUT2D eigenvalue weighted by molar-refractivity contribution is 0.0936. The second-order valence-electron chi connectivity index (χ2n) is 4.31. The predicted molar refractivity (Wildman–Crippen MR) is 75.9 cm³/mol. The van der Waals surface area contributed by atoms with Crippen LogP contribution >= 0.6 is 11.6 Å². The summed E-state index contributed by atoms with van der Waals surface area (Å²) in [5.74, 6) is -0.693. The summed E-state index contributed by atoms with van der Waals surface area (Å²) in [5, 5.41) is 6.57. The van der Waals surface area contributed by atoms with E-state index in [4.69, 9.17) is 20.9 Å². The fraction of sp³-hybridized carbons (Fsp3) is 0.286. The first kappa shape index (κ1) is 15.5. The molecule has 0 unspecified atom stereocenters. The topological polar surface area (TPSA) is 64.4 Å². The van der Waals surface area contributed by atoms with E-state index in [0.29, 0.717) is 18.9 Å². The highest BCUT2D eigenvalue weighted by atomic mass is 35.5. The van der Waals surface area contributed by atoms with Crippen molar-refractivity contribution in [2.45, 2.75) is 6.92 Å². The average Bonchev–Trinajstić information content (AvgIpc) is 2.80. The summed E-state index contributed by atoms with van der Waals surface area (Å²) in [5.41, 5.74) is 0.302. The number of ether oxygens (including phenoxy) is 1. The molecule has 112 valence electrons. The number of aromatic nitrogens is 1. The van der Waals surface area contributed by atoms with E-state index in [9.17, 15) is 9.18 Å². The van der Waals surface area contributed by atoms with Crippen LogP contribution < -0.4 is 5.32 Å². The van der Waals surface area contributed by atoms with Crippen molar-refractivity contribution in [2.75, 3.05) is 20.3 Å². The molecule has 0 fully saturated rings. The predicted octanol–water partition coefficient (Wildman–Crippen LogP) is 2.82. The normalized spacial score (nSPS) is 10.7. The lowest BCUT2D eigenvalue weighted by atomic mass is 10.0. The van der Waals surface area contributed by atoms with E-state index in [-0.39, 0.29) is 21.8 Å². The van der Waals surface area contributed by atoms with E-state index in [1.54, 1.807) is 6.92 Å². The number of methoxy groups -OCH3 is 1. The molecule has 0 bridgehead atoms. The molecule has 1 heterocycles. The molecule has 2 rings (SSSR count). The van der Waals surface area contributed by atoms with Crippen LogP contribution in [-0.4, -0.2) is 31.3 Å². The van der Waals surface area contributed by atoms with E-state index in [1.807, 2.05) is 0 Å². The second-order valence-corrected chi connectivity index (χ2v) is 4.71. The first-order chi connectivity index (χ1) is 10.1. The maximum atomic E-state index is 14.0. The molecular formula is C14H14ClFN2O3. The SMILES string of the molecule is COCCNC(=O)c1c(-c2c(F)cccc2Cl)noc1C. The van der Waals surface area contributed by atoms with Gasteiger partial charge in [-0.3, -0.25) is 4.79 Å². The maximum Gasteiger partial charge on any atom is 0.257 e. The van der Waals surface area contributed by atoms with Crippen molar-refractivity contribution in [3.63, 3.8) is 0 Å². The Morgan fingerprint density at radius 1 is 1.52 bits per heavy atom. The molecule has 0 aliphatic carbocycles. The van der Waals surface area contributed by atoms with Crippen molar-refractivity contribution < 1.29 is 18.4 Å². The van der Waals surface area contributed by atoms with Crippen LogP contribution in [0.1, 0.15) is 16.1 Å². The van der Waals surface area contributed by atoms with Crippen LogP contribution in [0.15, 0.2) is 22.7 Å². The molecule has 0 radical (unpaired) electrons. The van der Waals surface area contributed by atoms with Crippen LogP contribution in [-0.2, 0) is 4.74 Å². The molecule has 1 amide bonds. The van der Waals surface area contributed by atoms with Crippen molar-refractivity contribution in [3.8, 4) is 11.3 Å². The molecule has 1 aromatic carbocycles. The Bertz CT molecular complexity index is 637. The Morgan fingerprint density at radius 3 is 2.95 bits per heavy atom. The molecule has 5 nitrogen and oxygen atoms in total. The van der Waals surface area contributed by atoms with Crippen molar-refractivity contribution in [1.82, 2.24) is 10.5 Å². The van der Waals surface area contributed by atoms with Crippen molar-refractivity contribution in [1.29, 1.82) is 0 Å². The number of aryl methyl sites for hydroxylation is 1. The van der Waals surface area contributed by atoms with Crippen molar-refractivity contribution in [2.24, 2.45) is 0 Å². The van der Waals surface area contributed by atoms with Gasteiger partial charge in [-0.2, -0.15) is 0 Å². The van der Waals surface area contributed by atoms with Gasteiger partial charge in [-0.05, 0) is 19.1 Å². The Morgan fingerprint density at radius 2 is 2.29 bits per heavy atom. The second kappa shape index (κ2) is 6.69. The summed E-state index contributed by atoms with van der Waals surface area (Å²) in [4.78, 5) is 12.2. The van der Waals surface area contributed by atoms with Crippen LogP contribution in [0.2, 0.25) is 5.02 Å². The van der Waals surface area contributed by atoms with Gasteiger partial charge in [0.15, 0.2) is 0 Å². The summed E-state index contributed by atoms with van der Waals surface area (Å²) < 4.78 is 23.9. The van der Waals surface area contributed by atoms with E-state index < -0.39 is 11.7 Å². The zero-order valence-corrected chi connectivity index (χ0v) is 12.3. The first-order valence-corrected chi connectivity index (χ1v) is 6.61. The fourth-order valence-electron chi connectivity index (χ4n) is 1.89. The summed E-state index contributed by atoms with van der Waals surface area (Å²) >= 11 is 6.00. The third-order valence-corrected chi connectivity index (χ3v) is 3.20. The minimum absolute atomic E-state index is 0.0490. The zero-order chi connectivity index (χ0) is 15.4. The van der Waals surface area contributed by atoms with E-state index in [2.05, 4.69) is 10.5 Å². The third-order valence-electron chi connectivity index (χ3n) is 2.88. The molecule has 0 aliphatic rings. The Hall–Kier alpha value is -1.92. The van der Waals surface area contributed by atoms with Gasteiger partial charge in [-0.25, -0.2) is 4.39 Å². The van der Waals surface area contributed by atoms with Crippen LogP contribution in [0.5, 0.6) is 0 Å². The summed E-state index contributed by atoms with van der Waals surface area (Å²) in [6.45, 7) is 2.27. The maximum absolute atomic E-state index is 14.0. The van der Waals surface area contributed by atoms with Gasteiger partial charge in [-0.1, -0.05) is 22.8 Å². The largest absolute Gasteiger partial charge is 0.383 e. The molecule has 2 aromatic rings. The van der Waals surface area contributed by atoms with Gasteiger partial charge < -0.3 is 14.6 Å². The molecule has 0 saturated carbocycles. The fourth-order valence-corrected chi connectivity index (χ4v) is 2.14. The van der Waals surface area contributed by atoms with Crippen LogP contribution in [0.25, 0.3) is 11.3 Å². The minimum atomic E-state index is -0.568. The van der Waals surface area contributed by atoms with Gasteiger partial charge in [0.1, 0.15) is 22.8 Å². The number of benzene rings is 1. The van der Waals surface area contributed by atoms with E-state index >= 15 is 0 Å². The Labute approximate surface area is 126 Å². The summed E-state index contributed by atoms with van der Waals surface area (Å²) in [6, 6.07) is 4.25.